The van der Waals surface area contributed by atoms with Crippen LogP contribution < -0.4 is 15.0 Å². The summed E-state index contributed by atoms with van der Waals surface area (Å²) in [6, 6.07) is 12.6. The SMILES string of the molecule is CN1C(=O)C(C(=O)OC(C)(C)C)Cc2cc(NC(=O)OC3CCCC3)cc(Oc3ccccc3)c21. The Morgan fingerprint density at radius 3 is 2.40 bits per heavy atom. The molecule has 1 saturated carbocycles. The number of nitrogens with one attached hydrogen (secondary N) is 1. The molecular formula is C27H32N2O6. The number of carbonyl (C=O) groups is 3. The predicted octanol–water partition coefficient (Wildman–Crippen LogP) is 5.45. The van der Waals surface area contributed by atoms with E-state index in [1.165, 1.54) is 4.90 Å². The van der Waals surface area contributed by atoms with Crippen molar-refractivity contribution in [2.24, 2.45) is 5.92 Å². The lowest BCUT2D eigenvalue weighted by Crippen LogP contribution is -2.44. The number of fused-ring (bicyclic) bond motifs is 1. The Kier molecular flexibility index (Phi) is 7.00. The number of rotatable bonds is 5. The van der Waals surface area contributed by atoms with Gasteiger partial charge in [0, 0.05) is 18.8 Å². The normalized spacial score (nSPS) is 18.1. The summed E-state index contributed by atoms with van der Waals surface area (Å²) in [7, 11) is 1.61. The molecule has 4 rings (SSSR count). The highest BCUT2D eigenvalue weighted by atomic mass is 16.6. The van der Waals surface area contributed by atoms with E-state index in [0.717, 1.165) is 25.7 Å². The van der Waals surface area contributed by atoms with E-state index in [1.807, 2.05) is 18.2 Å². The summed E-state index contributed by atoms with van der Waals surface area (Å²) >= 11 is 0. The predicted molar refractivity (Wildman–Crippen MR) is 132 cm³/mol. The van der Waals surface area contributed by atoms with Gasteiger partial charge in [0.1, 0.15) is 23.4 Å². The van der Waals surface area contributed by atoms with Crippen molar-refractivity contribution in [3.63, 3.8) is 0 Å². The molecule has 0 spiro atoms. The van der Waals surface area contributed by atoms with Crippen LogP contribution in [0.3, 0.4) is 0 Å². The van der Waals surface area contributed by atoms with Crippen LogP contribution in [0.15, 0.2) is 42.5 Å². The minimum atomic E-state index is -0.989. The number of esters is 1. The van der Waals surface area contributed by atoms with Gasteiger partial charge in [-0.15, -0.1) is 0 Å². The first kappa shape index (κ1) is 24.6. The van der Waals surface area contributed by atoms with E-state index in [2.05, 4.69) is 5.32 Å². The Balaban J connectivity index is 1.66. The molecule has 1 N–H and O–H groups in total. The number of anilines is 2. The second kappa shape index (κ2) is 9.98. The molecule has 0 bridgehead atoms. The molecule has 0 radical (unpaired) electrons. The molecule has 2 aromatic carbocycles. The number of hydrogen-bond acceptors (Lipinski definition) is 6. The molecule has 2 aromatic rings. The van der Waals surface area contributed by atoms with Gasteiger partial charge in [-0.25, -0.2) is 4.79 Å². The van der Waals surface area contributed by atoms with Crippen LogP contribution in [-0.4, -0.2) is 36.7 Å². The zero-order valence-corrected chi connectivity index (χ0v) is 20.6. The van der Waals surface area contributed by atoms with Crippen LogP contribution in [0.4, 0.5) is 16.2 Å². The van der Waals surface area contributed by atoms with Gasteiger partial charge in [-0.2, -0.15) is 0 Å². The van der Waals surface area contributed by atoms with Gasteiger partial charge in [-0.1, -0.05) is 18.2 Å². The average Bonchev–Trinajstić information content (AvgIpc) is 3.28. The number of benzene rings is 2. The van der Waals surface area contributed by atoms with Crippen LogP contribution in [-0.2, 0) is 25.5 Å². The van der Waals surface area contributed by atoms with Gasteiger partial charge >= 0.3 is 12.1 Å². The highest BCUT2D eigenvalue weighted by Crippen LogP contribution is 2.42. The van der Waals surface area contributed by atoms with Gasteiger partial charge < -0.3 is 19.1 Å². The highest BCUT2D eigenvalue weighted by molar-refractivity contribution is 6.09. The van der Waals surface area contributed by atoms with Gasteiger partial charge in [-0.3, -0.25) is 14.9 Å². The molecule has 1 unspecified atom stereocenters. The van der Waals surface area contributed by atoms with Gasteiger partial charge in [0.2, 0.25) is 5.91 Å². The summed E-state index contributed by atoms with van der Waals surface area (Å²) in [5, 5.41) is 2.79. The van der Waals surface area contributed by atoms with Crippen LogP contribution >= 0.6 is 0 Å². The lowest BCUT2D eigenvalue weighted by atomic mass is 9.91. The zero-order valence-electron chi connectivity index (χ0n) is 20.6. The summed E-state index contributed by atoms with van der Waals surface area (Å²) in [5.41, 5.74) is 0.981. The Morgan fingerprint density at radius 1 is 1.06 bits per heavy atom. The summed E-state index contributed by atoms with van der Waals surface area (Å²) in [5.74, 6) is -0.966. The van der Waals surface area contributed by atoms with Crippen molar-refractivity contribution in [1.29, 1.82) is 0 Å². The summed E-state index contributed by atoms with van der Waals surface area (Å²) in [6.07, 6.45) is 3.36. The summed E-state index contributed by atoms with van der Waals surface area (Å²) in [6.45, 7) is 5.29. The standard InChI is InChI=1S/C27H32N2O6/c1-27(2,3)35-25(31)21-15-17-14-18(28-26(32)34-20-12-8-9-13-20)16-22(23(17)29(4)24(21)30)33-19-10-6-5-7-11-19/h5-7,10-11,14,16,20-21H,8-9,12-13,15H2,1-4H3,(H,28,32). The molecule has 0 aromatic heterocycles. The number of carbonyl (C=O) groups excluding carboxylic acids is 3. The molecule has 1 atom stereocenters. The number of ether oxygens (including phenoxy) is 3. The second-order valence-electron chi connectivity index (χ2n) is 10.0. The fourth-order valence-corrected chi connectivity index (χ4v) is 4.48. The topological polar surface area (TPSA) is 94.2 Å². The molecule has 0 saturated heterocycles. The van der Waals surface area contributed by atoms with Crippen LogP contribution in [0.1, 0.15) is 52.0 Å². The van der Waals surface area contributed by atoms with Crippen molar-refractivity contribution in [3.05, 3.63) is 48.0 Å². The van der Waals surface area contributed by atoms with Gasteiger partial charge in [0.05, 0.1) is 5.69 Å². The number of amides is 2. The lowest BCUT2D eigenvalue weighted by Gasteiger charge is -2.33. The maximum Gasteiger partial charge on any atom is 0.411 e. The minimum absolute atomic E-state index is 0.0760. The first-order chi connectivity index (χ1) is 16.6. The third kappa shape index (κ3) is 5.93. The smallest absolute Gasteiger partial charge is 0.411 e. The molecule has 1 heterocycles. The molecule has 2 aliphatic rings. The van der Waals surface area contributed by atoms with Crippen molar-refractivity contribution >= 4 is 29.3 Å². The Morgan fingerprint density at radius 2 is 1.74 bits per heavy atom. The molecule has 1 aliphatic carbocycles. The zero-order chi connectivity index (χ0) is 25.2. The third-order valence-corrected chi connectivity index (χ3v) is 6.03. The van der Waals surface area contributed by atoms with Crippen molar-refractivity contribution in [3.8, 4) is 11.5 Å². The molecular weight excluding hydrogens is 448 g/mol. The van der Waals surface area contributed by atoms with Crippen LogP contribution in [0.2, 0.25) is 0 Å². The van der Waals surface area contributed by atoms with Crippen LogP contribution in [0.25, 0.3) is 0 Å². The van der Waals surface area contributed by atoms with Gasteiger partial charge in [0.25, 0.3) is 0 Å². The lowest BCUT2D eigenvalue weighted by molar-refractivity contribution is -0.162. The first-order valence-electron chi connectivity index (χ1n) is 12.0. The maximum absolute atomic E-state index is 13.2. The van der Waals surface area contributed by atoms with Gasteiger partial charge in [-0.05, 0) is 76.6 Å². The van der Waals surface area contributed by atoms with E-state index in [4.69, 9.17) is 14.2 Å². The molecule has 186 valence electrons. The maximum atomic E-state index is 13.2. The van der Waals surface area contributed by atoms with Crippen molar-refractivity contribution in [1.82, 2.24) is 0 Å². The fraction of sp³-hybridized carbons (Fsp3) is 0.444. The Labute approximate surface area is 205 Å². The fourth-order valence-electron chi connectivity index (χ4n) is 4.48. The molecule has 2 amide bonds. The quantitative estimate of drug-likeness (QED) is 0.452. The van der Waals surface area contributed by atoms with E-state index < -0.39 is 23.6 Å². The first-order valence-corrected chi connectivity index (χ1v) is 12.0. The number of para-hydroxylation sites is 1. The van der Waals surface area contributed by atoms with Crippen molar-refractivity contribution in [2.75, 3.05) is 17.3 Å². The Hall–Kier alpha value is -3.55. The molecule has 1 aliphatic heterocycles. The highest BCUT2D eigenvalue weighted by Gasteiger charge is 2.40. The average molecular weight is 481 g/mol. The van der Waals surface area contributed by atoms with E-state index in [-0.39, 0.29) is 18.4 Å². The minimum Gasteiger partial charge on any atom is -0.459 e. The third-order valence-electron chi connectivity index (χ3n) is 6.03. The number of hydrogen-bond donors (Lipinski definition) is 1. The second-order valence-corrected chi connectivity index (χ2v) is 10.0. The van der Waals surface area contributed by atoms with E-state index in [0.29, 0.717) is 28.4 Å². The molecule has 35 heavy (non-hydrogen) atoms. The summed E-state index contributed by atoms with van der Waals surface area (Å²) in [4.78, 5) is 39.9. The number of nitrogens with zero attached hydrogens (tertiary/aromatic N) is 1. The van der Waals surface area contributed by atoms with Crippen LogP contribution in [0.5, 0.6) is 11.5 Å². The van der Waals surface area contributed by atoms with Crippen LogP contribution in [0, 0.1) is 5.92 Å². The largest absolute Gasteiger partial charge is 0.459 e. The van der Waals surface area contributed by atoms with Gasteiger partial charge in [0.15, 0.2) is 5.75 Å². The van der Waals surface area contributed by atoms with E-state index >= 15 is 0 Å². The molecule has 1 fully saturated rings. The summed E-state index contributed by atoms with van der Waals surface area (Å²) < 4.78 is 17.2. The van der Waals surface area contributed by atoms with E-state index in [9.17, 15) is 14.4 Å². The van der Waals surface area contributed by atoms with Crippen molar-refractivity contribution in [2.45, 2.75) is 64.6 Å². The van der Waals surface area contributed by atoms with Crippen molar-refractivity contribution < 1.29 is 28.6 Å². The monoisotopic (exact) mass is 480 g/mol. The molecule has 8 nitrogen and oxygen atoms in total. The Bertz CT molecular complexity index is 1100. The van der Waals surface area contributed by atoms with E-state index in [1.54, 1.807) is 52.1 Å². The molecule has 8 heteroatoms.